The van der Waals surface area contributed by atoms with Crippen molar-refractivity contribution >= 4 is 0 Å². The maximum atomic E-state index is 2.71. The maximum absolute atomic E-state index is 2.71. The maximum Gasteiger partial charge on any atom is 0.0347 e. The van der Waals surface area contributed by atoms with Crippen molar-refractivity contribution in [3.8, 4) is 0 Å². The van der Waals surface area contributed by atoms with Gasteiger partial charge in [0.15, 0.2) is 0 Å². The number of piperidine rings is 1. The number of likely N-dealkylation sites (tertiary alicyclic amines) is 1. The fourth-order valence-corrected chi connectivity index (χ4v) is 3.42. The molecule has 0 spiro atoms. The number of hydrogen-bond acceptors (Lipinski definition) is 1. The first-order valence-corrected chi connectivity index (χ1v) is 7.51. The molecule has 1 nitrogen and oxygen atoms in total. The Labute approximate surface area is 112 Å². The van der Waals surface area contributed by atoms with Gasteiger partial charge < -0.3 is 0 Å². The van der Waals surface area contributed by atoms with Crippen LogP contribution in [0.4, 0.5) is 0 Å². The first-order valence-electron chi connectivity index (χ1n) is 7.51. The minimum Gasteiger partial charge on any atom is -0.296 e. The van der Waals surface area contributed by atoms with Gasteiger partial charge in [-0.2, -0.15) is 0 Å². The summed E-state index contributed by atoms with van der Waals surface area (Å²) in [5.74, 6) is 0. The van der Waals surface area contributed by atoms with Crippen molar-refractivity contribution in [1.29, 1.82) is 0 Å². The first-order chi connectivity index (χ1) is 8.74. The lowest BCUT2D eigenvalue weighted by atomic mass is 9.90. The van der Waals surface area contributed by atoms with Crippen molar-refractivity contribution in [2.75, 3.05) is 13.1 Å². The summed E-state index contributed by atoms with van der Waals surface area (Å²) >= 11 is 0. The van der Waals surface area contributed by atoms with E-state index in [1.54, 1.807) is 11.1 Å². The molecule has 0 N–H and O–H groups in total. The van der Waals surface area contributed by atoms with E-state index in [0.717, 1.165) is 6.42 Å². The summed E-state index contributed by atoms with van der Waals surface area (Å²) in [6.07, 6.45) is 13.3. The summed E-state index contributed by atoms with van der Waals surface area (Å²) in [7, 11) is 0. The minimum atomic E-state index is 0.640. The Kier molecular flexibility index (Phi) is 4.82. The molecule has 0 saturated carbocycles. The second kappa shape index (κ2) is 6.38. The number of rotatable bonds is 3. The van der Waals surface area contributed by atoms with Gasteiger partial charge in [0.25, 0.3) is 0 Å². The molecule has 0 aromatic carbocycles. The Morgan fingerprint density at radius 1 is 1.17 bits per heavy atom. The van der Waals surface area contributed by atoms with E-state index in [1.165, 1.54) is 44.3 Å². The van der Waals surface area contributed by atoms with Gasteiger partial charge in [-0.3, -0.25) is 4.90 Å². The van der Waals surface area contributed by atoms with Crippen LogP contribution < -0.4 is 0 Å². The molecule has 0 aromatic heterocycles. The molecule has 0 bridgehead atoms. The molecule has 1 heterocycles. The largest absolute Gasteiger partial charge is 0.296 e. The molecule has 1 atom stereocenters. The topological polar surface area (TPSA) is 3.24 Å². The van der Waals surface area contributed by atoms with Gasteiger partial charge in [-0.25, -0.2) is 0 Å². The van der Waals surface area contributed by atoms with Crippen LogP contribution in [0.1, 0.15) is 52.9 Å². The van der Waals surface area contributed by atoms with Crippen LogP contribution in [0.2, 0.25) is 0 Å². The summed E-state index contributed by atoms with van der Waals surface area (Å²) in [5.41, 5.74) is 4.65. The monoisotopic (exact) mass is 245 g/mol. The highest BCUT2D eigenvalue weighted by Gasteiger charge is 2.24. The predicted molar refractivity (Wildman–Crippen MR) is 79.7 cm³/mol. The predicted octanol–water partition coefficient (Wildman–Crippen LogP) is 4.47. The normalized spacial score (nSPS) is 23.8. The third-order valence-corrected chi connectivity index (χ3v) is 4.34. The Morgan fingerprint density at radius 3 is 2.56 bits per heavy atom. The van der Waals surface area contributed by atoms with Crippen molar-refractivity contribution in [1.82, 2.24) is 4.90 Å². The standard InChI is InChI=1S/C17H27N/c1-4-16(18-12-8-5-9-13-18)17-14(2)10-6-7-11-15(17)3/h6-7,10,16H,4-5,8-9,11-13H2,1-3H3. The molecule has 0 radical (unpaired) electrons. The van der Waals surface area contributed by atoms with Gasteiger partial charge in [0.05, 0.1) is 0 Å². The average molecular weight is 245 g/mol. The van der Waals surface area contributed by atoms with E-state index in [4.69, 9.17) is 0 Å². The van der Waals surface area contributed by atoms with Crippen LogP contribution in [0.25, 0.3) is 0 Å². The quantitative estimate of drug-likeness (QED) is 0.709. The van der Waals surface area contributed by atoms with Crippen LogP contribution in [0, 0.1) is 0 Å². The first kappa shape index (κ1) is 13.6. The molecule has 1 aliphatic carbocycles. The zero-order valence-corrected chi connectivity index (χ0v) is 12.2. The van der Waals surface area contributed by atoms with E-state index in [0.29, 0.717) is 6.04 Å². The lowest BCUT2D eigenvalue weighted by molar-refractivity contribution is 0.180. The summed E-state index contributed by atoms with van der Waals surface area (Å²) in [6.45, 7) is 9.51. The van der Waals surface area contributed by atoms with Gasteiger partial charge in [-0.15, -0.1) is 0 Å². The number of allylic oxidation sites excluding steroid dienone is 4. The number of hydrogen-bond donors (Lipinski definition) is 0. The molecular weight excluding hydrogens is 218 g/mol. The third-order valence-electron chi connectivity index (χ3n) is 4.34. The smallest absolute Gasteiger partial charge is 0.0347 e. The van der Waals surface area contributed by atoms with Gasteiger partial charge in [0.2, 0.25) is 0 Å². The lowest BCUT2D eigenvalue weighted by Crippen LogP contribution is -2.40. The van der Waals surface area contributed by atoms with Gasteiger partial charge in [0.1, 0.15) is 0 Å². The van der Waals surface area contributed by atoms with Crippen LogP contribution in [-0.4, -0.2) is 24.0 Å². The van der Waals surface area contributed by atoms with Gasteiger partial charge in [-0.1, -0.05) is 37.1 Å². The highest BCUT2D eigenvalue weighted by molar-refractivity contribution is 5.42. The van der Waals surface area contributed by atoms with Gasteiger partial charge in [-0.05, 0) is 63.8 Å². The second-order valence-corrected chi connectivity index (χ2v) is 5.70. The Morgan fingerprint density at radius 2 is 1.89 bits per heavy atom. The van der Waals surface area contributed by atoms with Crippen molar-refractivity contribution in [2.24, 2.45) is 0 Å². The molecule has 100 valence electrons. The molecule has 1 unspecified atom stereocenters. The van der Waals surface area contributed by atoms with Crippen molar-refractivity contribution < 1.29 is 0 Å². The fraction of sp³-hybridized carbons (Fsp3) is 0.647. The zero-order chi connectivity index (χ0) is 13.0. The Hall–Kier alpha value is -0.820. The van der Waals surface area contributed by atoms with Crippen molar-refractivity contribution in [3.63, 3.8) is 0 Å². The molecule has 1 heteroatoms. The molecule has 0 amide bonds. The summed E-state index contributed by atoms with van der Waals surface area (Å²) in [4.78, 5) is 2.71. The molecule has 2 rings (SSSR count). The SMILES string of the molecule is CCC(C1=C(C)CC=CC=C1C)N1CCCCC1. The van der Waals surface area contributed by atoms with E-state index in [9.17, 15) is 0 Å². The van der Waals surface area contributed by atoms with E-state index in [1.807, 2.05) is 0 Å². The zero-order valence-electron chi connectivity index (χ0n) is 12.2. The van der Waals surface area contributed by atoms with E-state index in [-0.39, 0.29) is 0 Å². The Bertz CT molecular complexity index is 367. The van der Waals surface area contributed by atoms with Crippen molar-refractivity contribution in [2.45, 2.75) is 58.9 Å². The fourth-order valence-electron chi connectivity index (χ4n) is 3.42. The molecule has 1 fully saturated rings. The average Bonchev–Trinajstić information content (AvgIpc) is 2.56. The lowest BCUT2D eigenvalue weighted by Gasteiger charge is -2.36. The Balaban J connectivity index is 2.25. The summed E-state index contributed by atoms with van der Waals surface area (Å²) < 4.78 is 0. The molecule has 1 aliphatic heterocycles. The molecule has 0 aromatic rings. The highest BCUT2D eigenvalue weighted by Crippen LogP contribution is 2.30. The summed E-state index contributed by atoms with van der Waals surface area (Å²) in [6, 6.07) is 0.640. The number of nitrogens with zero attached hydrogens (tertiary/aromatic N) is 1. The molecular formula is C17H27N. The van der Waals surface area contributed by atoms with Crippen molar-refractivity contribution in [3.05, 3.63) is 34.9 Å². The second-order valence-electron chi connectivity index (χ2n) is 5.70. The summed E-state index contributed by atoms with van der Waals surface area (Å²) in [5, 5.41) is 0. The highest BCUT2D eigenvalue weighted by atomic mass is 15.2. The van der Waals surface area contributed by atoms with Crippen LogP contribution in [-0.2, 0) is 0 Å². The van der Waals surface area contributed by atoms with Crippen LogP contribution in [0.5, 0.6) is 0 Å². The van der Waals surface area contributed by atoms with Crippen LogP contribution in [0.3, 0.4) is 0 Å². The molecule has 2 aliphatic rings. The molecule has 18 heavy (non-hydrogen) atoms. The van der Waals surface area contributed by atoms with Gasteiger partial charge in [0, 0.05) is 6.04 Å². The van der Waals surface area contributed by atoms with Gasteiger partial charge >= 0.3 is 0 Å². The minimum absolute atomic E-state index is 0.640. The third kappa shape index (κ3) is 2.95. The molecule has 1 saturated heterocycles. The van der Waals surface area contributed by atoms with E-state index < -0.39 is 0 Å². The van der Waals surface area contributed by atoms with E-state index in [2.05, 4.69) is 43.9 Å². The van der Waals surface area contributed by atoms with Crippen LogP contribution >= 0.6 is 0 Å². The van der Waals surface area contributed by atoms with Crippen LogP contribution in [0.15, 0.2) is 34.9 Å². The van der Waals surface area contributed by atoms with E-state index >= 15 is 0 Å².